The van der Waals surface area contributed by atoms with E-state index in [1.807, 2.05) is 0 Å². The van der Waals surface area contributed by atoms with Crippen LogP contribution in [-0.2, 0) is 9.53 Å². The van der Waals surface area contributed by atoms with Gasteiger partial charge in [0, 0.05) is 13.1 Å². The molecule has 0 radical (unpaired) electrons. The van der Waals surface area contributed by atoms with Gasteiger partial charge in [0.1, 0.15) is 17.1 Å². The number of ether oxygens (including phenoxy) is 3. The molecule has 2 rings (SSSR count). The van der Waals surface area contributed by atoms with Crippen molar-refractivity contribution in [3.63, 3.8) is 0 Å². The van der Waals surface area contributed by atoms with Gasteiger partial charge in [0.15, 0.2) is 0 Å². The Labute approximate surface area is 129 Å². The fourth-order valence-corrected chi connectivity index (χ4v) is 2.24. The van der Waals surface area contributed by atoms with Crippen LogP contribution in [0.15, 0.2) is 18.2 Å². The lowest BCUT2D eigenvalue weighted by Crippen LogP contribution is -2.45. The van der Waals surface area contributed by atoms with Crippen LogP contribution in [0, 0.1) is 0 Å². The summed E-state index contributed by atoms with van der Waals surface area (Å²) in [5.41, 5.74) is 0.280. The summed E-state index contributed by atoms with van der Waals surface area (Å²) in [5, 5.41) is 2.61. The second-order valence-electron chi connectivity index (χ2n) is 4.71. The number of morpholine rings is 1. The molecule has 0 aromatic heterocycles. The maximum atomic E-state index is 12.3. The third-order valence-electron chi connectivity index (χ3n) is 3.42. The normalized spacial score (nSPS) is 14.4. The number of rotatable bonds is 5. The molecule has 1 heterocycles. The molecule has 0 bridgehead atoms. The van der Waals surface area contributed by atoms with Gasteiger partial charge in [-0.15, -0.1) is 0 Å². The minimum absolute atomic E-state index is 0.0694. The Morgan fingerprint density at radius 1 is 1.18 bits per heavy atom. The summed E-state index contributed by atoms with van der Waals surface area (Å²) in [6, 6.07) is 5.07. The maximum absolute atomic E-state index is 12.3. The molecule has 0 saturated carbocycles. The summed E-state index contributed by atoms with van der Waals surface area (Å²) in [4.78, 5) is 26.0. The van der Waals surface area contributed by atoms with Gasteiger partial charge in [0.25, 0.3) is 5.91 Å². The Kier molecular flexibility index (Phi) is 5.60. The first-order valence-corrected chi connectivity index (χ1v) is 7.02. The van der Waals surface area contributed by atoms with Crippen LogP contribution in [0.25, 0.3) is 0 Å². The number of carbonyl (C=O) groups excluding carboxylic acids is 2. The van der Waals surface area contributed by atoms with Crippen LogP contribution < -0.4 is 14.8 Å². The molecule has 1 aromatic carbocycles. The summed E-state index contributed by atoms with van der Waals surface area (Å²) in [7, 11) is 2.95. The van der Waals surface area contributed by atoms with Gasteiger partial charge < -0.3 is 24.4 Å². The van der Waals surface area contributed by atoms with Gasteiger partial charge in [-0.25, -0.2) is 0 Å². The average Bonchev–Trinajstić information content (AvgIpc) is 2.59. The molecular weight excluding hydrogens is 288 g/mol. The fraction of sp³-hybridized carbons (Fsp3) is 0.467. The number of methoxy groups -OCH3 is 2. The lowest BCUT2D eigenvalue weighted by Gasteiger charge is -2.26. The molecule has 22 heavy (non-hydrogen) atoms. The van der Waals surface area contributed by atoms with Crippen molar-refractivity contribution in [2.75, 3.05) is 47.1 Å². The van der Waals surface area contributed by atoms with Gasteiger partial charge in [-0.1, -0.05) is 6.07 Å². The number of carbonyl (C=O) groups is 2. The van der Waals surface area contributed by atoms with E-state index in [4.69, 9.17) is 14.2 Å². The van der Waals surface area contributed by atoms with Gasteiger partial charge >= 0.3 is 0 Å². The topological polar surface area (TPSA) is 77.1 Å². The summed E-state index contributed by atoms with van der Waals surface area (Å²) in [5.74, 6) is 0.257. The lowest BCUT2D eigenvalue weighted by atomic mass is 10.1. The number of amides is 2. The number of benzene rings is 1. The molecule has 0 unspecified atom stereocenters. The van der Waals surface area contributed by atoms with Crippen molar-refractivity contribution in [2.24, 2.45) is 0 Å². The smallest absolute Gasteiger partial charge is 0.259 e. The van der Waals surface area contributed by atoms with E-state index in [0.29, 0.717) is 37.8 Å². The molecular formula is C15H20N2O5. The number of hydrogen-bond donors (Lipinski definition) is 1. The van der Waals surface area contributed by atoms with Crippen molar-refractivity contribution < 1.29 is 23.8 Å². The Bertz CT molecular complexity index is 518. The molecule has 1 aliphatic heterocycles. The summed E-state index contributed by atoms with van der Waals surface area (Å²) >= 11 is 0. The first-order valence-electron chi connectivity index (χ1n) is 7.02. The maximum Gasteiger partial charge on any atom is 0.259 e. The predicted molar refractivity (Wildman–Crippen MR) is 79.3 cm³/mol. The first kappa shape index (κ1) is 16.1. The van der Waals surface area contributed by atoms with Gasteiger partial charge in [-0.05, 0) is 12.1 Å². The minimum atomic E-state index is -0.407. The molecule has 7 heteroatoms. The first-order chi connectivity index (χ1) is 10.7. The monoisotopic (exact) mass is 308 g/mol. The highest BCUT2D eigenvalue weighted by Crippen LogP contribution is 2.27. The molecule has 1 fully saturated rings. The van der Waals surface area contributed by atoms with Crippen molar-refractivity contribution in [1.82, 2.24) is 10.2 Å². The highest BCUT2D eigenvalue weighted by molar-refractivity contribution is 6.01. The molecule has 2 amide bonds. The Morgan fingerprint density at radius 2 is 1.77 bits per heavy atom. The Balaban J connectivity index is 2.01. The third-order valence-corrected chi connectivity index (χ3v) is 3.42. The van der Waals surface area contributed by atoms with Crippen LogP contribution in [0.4, 0.5) is 0 Å². The zero-order valence-electron chi connectivity index (χ0n) is 12.8. The summed E-state index contributed by atoms with van der Waals surface area (Å²) < 4.78 is 15.5. The van der Waals surface area contributed by atoms with Crippen molar-refractivity contribution in [1.29, 1.82) is 0 Å². The predicted octanol–water partition coefficient (Wildman–Crippen LogP) is 0.292. The van der Waals surface area contributed by atoms with Crippen molar-refractivity contribution >= 4 is 11.8 Å². The van der Waals surface area contributed by atoms with E-state index >= 15 is 0 Å². The standard InChI is InChI=1S/C15H20N2O5/c1-20-11-4-3-5-12(21-2)14(11)15(19)16-10-13(18)17-6-8-22-9-7-17/h3-5H,6-10H2,1-2H3,(H,16,19). The van der Waals surface area contributed by atoms with Crippen LogP contribution in [-0.4, -0.2) is 63.8 Å². The van der Waals surface area contributed by atoms with E-state index in [9.17, 15) is 9.59 Å². The molecule has 1 aliphatic rings. The zero-order valence-corrected chi connectivity index (χ0v) is 12.8. The van der Waals surface area contributed by atoms with Crippen molar-refractivity contribution in [3.05, 3.63) is 23.8 Å². The van der Waals surface area contributed by atoms with Gasteiger partial charge in [0.05, 0.1) is 34.0 Å². The quantitative estimate of drug-likeness (QED) is 0.846. The van der Waals surface area contributed by atoms with E-state index in [1.165, 1.54) is 14.2 Å². The van der Waals surface area contributed by atoms with Crippen molar-refractivity contribution in [2.45, 2.75) is 0 Å². The second-order valence-corrected chi connectivity index (χ2v) is 4.71. The molecule has 0 atom stereocenters. The van der Waals surface area contributed by atoms with E-state index in [2.05, 4.69) is 5.32 Å². The largest absolute Gasteiger partial charge is 0.496 e. The summed E-state index contributed by atoms with van der Waals surface area (Å²) in [6.45, 7) is 2.08. The second kappa shape index (κ2) is 7.65. The van der Waals surface area contributed by atoms with Crippen molar-refractivity contribution in [3.8, 4) is 11.5 Å². The molecule has 0 spiro atoms. The fourth-order valence-electron chi connectivity index (χ4n) is 2.24. The van der Waals surface area contributed by atoms with E-state index in [1.54, 1.807) is 23.1 Å². The molecule has 1 saturated heterocycles. The molecule has 7 nitrogen and oxygen atoms in total. The zero-order chi connectivity index (χ0) is 15.9. The van der Waals surface area contributed by atoms with Gasteiger partial charge in [-0.3, -0.25) is 9.59 Å². The van der Waals surface area contributed by atoms with Crippen LogP contribution in [0.3, 0.4) is 0 Å². The number of nitrogens with one attached hydrogen (secondary N) is 1. The summed E-state index contributed by atoms with van der Waals surface area (Å²) in [6.07, 6.45) is 0. The molecule has 1 N–H and O–H groups in total. The minimum Gasteiger partial charge on any atom is -0.496 e. The third kappa shape index (κ3) is 3.67. The highest BCUT2D eigenvalue weighted by Gasteiger charge is 2.21. The van der Waals surface area contributed by atoms with Crippen LogP contribution in [0.2, 0.25) is 0 Å². The van der Waals surface area contributed by atoms with E-state index < -0.39 is 5.91 Å². The Morgan fingerprint density at radius 3 is 2.32 bits per heavy atom. The SMILES string of the molecule is COc1cccc(OC)c1C(=O)NCC(=O)N1CCOCC1. The lowest BCUT2D eigenvalue weighted by molar-refractivity contribution is -0.134. The number of nitrogens with zero attached hydrogens (tertiary/aromatic N) is 1. The average molecular weight is 308 g/mol. The van der Waals surface area contributed by atoms with Crippen LogP contribution >= 0.6 is 0 Å². The van der Waals surface area contributed by atoms with Crippen LogP contribution in [0.5, 0.6) is 11.5 Å². The van der Waals surface area contributed by atoms with Crippen LogP contribution in [0.1, 0.15) is 10.4 Å². The van der Waals surface area contributed by atoms with E-state index in [-0.39, 0.29) is 18.0 Å². The van der Waals surface area contributed by atoms with Gasteiger partial charge in [-0.2, -0.15) is 0 Å². The molecule has 0 aliphatic carbocycles. The highest BCUT2D eigenvalue weighted by atomic mass is 16.5. The molecule has 1 aromatic rings. The Hall–Kier alpha value is -2.28. The molecule has 120 valence electrons. The van der Waals surface area contributed by atoms with E-state index in [0.717, 1.165) is 0 Å². The van der Waals surface area contributed by atoms with Gasteiger partial charge in [0.2, 0.25) is 5.91 Å². The number of hydrogen-bond acceptors (Lipinski definition) is 5.